The Bertz CT molecular complexity index is 489. The Balaban J connectivity index is 3.11. The fourth-order valence-corrected chi connectivity index (χ4v) is 2.03. The van der Waals surface area contributed by atoms with E-state index in [4.69, 9.17) is 4.65 Å². The van der Waals surface area contributed by atoms with Gasteiger partial charge in [-0.2, -0.15) is 0 Å². The van der Waals surface area contributed by atoms with Crippen LogP contribution < -0.4 is 5.46 Å². The summed E-state index contributed by atoms with van der Waals surface area (Å²) >= 11 is 3.06. The van der Waals surface area contributed by atoms with Gasteiger partial charge >= 0.3 is 7.12 Å². The molecule has 0 radical (unpaired) electrons. The lowest BCUT2D eigenvalue weighted by atomic mass is 9.74. The fourth-order valence-electron chi connectivity index (χ4n) is 1.46. The van der Waals surface area contributed by atoms with Crippen molar-refractivity contribution >= 4 is 28.5 Å². The molecule has 0 spiro atoms. The smallest absolute Gasteiger partial charge is 0.423 e. The molecule has 0 aliphatic heterocycles. The molecular weight excluding hydrogens is 333 g/mol. The number of aliphatic hydroxyl groups is 1. The van der Waals surface area contributed by atoms with Crippen LogP contribution in [-0.4, -0.2) is 28.5 Å². The van der Waals surface area contributed by atoms with Gasteiger partial charge in [0.05, 0.1) is 11.2 Å². The van der Waals surface area contributed by atoms with Crippen molar-refractivity contribution in [1.82, 2.24) is 0 Å². The van der Waals surface area contributed by atoms with Crippen LogP contribution >= 0.6 is 15.9 Å². The molecule has 0 unspecified atom stereocenters. The predicted molar refractivity (Wildman–Crippen MR) is 78.1 cm³/mol. The number of alkyl halides is 1. The summed E-state index contributed by atoms with van der Waals surface area (Å²) in [4.78, 5) is 0. The second-order valence-electron chi connectivity index (χ2n) is 5.60. The van der Waals surface area contributed by atoms with Crippen molar-refractivity contribution in [3.63, 3.8) is 0 Å². The highest BCUT2D eigenvalue weighted by molar-refractivity contribution is 9.08. The Kier molecular flexibility index (Phi) is 5.35. The molecule has 1 aromatic rings. The lowest BCUT2D eigenvalue weighted by molar-refractivity contribution is -0.0982. The quantitative estimate of drug-likeness (QED) is 0.631. The van der Waals surface area contributed by atoms with E-state index in [2.05, 4.69) is 15.9 Å². The van der Waals surface area contributed by atoms with Gasteiger partial charge in [-0.15, -0.1) is 0 Å². The first-order chi connectivity index (χ1) is 9.01. The minimum absolute atomic E-state index is 0.0101. The van der Waals surface area contributed by atoms with Crippen molar-refractivity contribution in [1.29, 1.82) is 0 Å². The Morgan fingerprint density at radius 2 is 1.80 bits per heavy atom. The minimum atomic E-state index is -1.47. The monoisotopic (exact) mass is 350 g/mol. The molecule has 112 valence electrons. The summed E-state index contributed by atoms with van der Waals surface area (Å²) in [5.74, 6) is -2.01. The molecule has 0 aromatic heterocycles. The van der Waals surface area contributed by atoms with Gasteiger partial charge in [-0.25, -0.2) is 8.78 Å². The molecule has 20 heavy (non-hydrogen) atoms. The average molecular weight is 351 g/mol. The van der Waals surface area contributed by atoms with Crippen LogP contribution in [0.3, 0.4) is 0 Å². The first-order valence-electron chi connectivity index (χ1n) is 6.12. The van der Waals surface area contributed by atoms with Gasteiger partial charge in [-0.1, -0.05) is 22.0 Å². The molecule has 1 rings (SSSR count). The van der Waals surface area contributed by atoms with E-state index in [1.54, 1.807) is 13.8 Å². The second kappa shape index (κ2) is 6.09. The van der Waals surface area contributed by atoms with E-state index in [0.29, 0.717) is 0 Å². The molecule has 0 atom stereocenters. The summed E-state index contributed by atoms with van der Waals surface area (Å²) in [6.45, 7) is 6.28. The lowest BCUT2D eigenvalue weighted by Crippen LogP contribution is -2.53. The number of hydrogen-bond acceptors (Lipinski definition) is 3. The Morgan fingerprint density at radius 3 is 2.25 bits per heavy atom. The maximum atomic E-state index is 13.7. The van der Waals surface area contributed by atoms with Crippen LogP contribution in [0, 0.1) is 11.6 Å². The maximum absolute atomic E-state index is 13.7. The molecule has 0 saturated carbocycles. The number of rotatable bonds is 5. The summed E-state index contributed by atoms with van der Waals surface area (Å²) < 4.78 is 32.3. The van der Waals surface area contributed by atoms with Crippen molar-refractivity contribution in [2.75, 3.05) is 0 Å². The second-order valence-corrected chi connectivity index (χ2v) is 6.16. The van der Waals surface area contributed by atoms with E-state index in [1.165, 1.54) is 19.9 Å². The van der Waals surface area contributed by atoms with Crippen molar-refractivity contribution in [3.8, 4) is 0 Å². The largest absolute Gasteiger partial charge is 0.492 e. The summed E-state index contributed by atoms with van der Waals surface area (Å²) in [5, 5.41) is 20.1. The Labute approximate surface area is 126 Å². The molecule has 0 bridgehead atoms. The van der Waals surface area contributed by atoms with Gasteiger partial charge in [0, 0.05) is 10.9 Å². The normalized spacial score (nSPS) is 12.7. The number of hydrogen-bond donors (Lipinski definition) is 2. The van der Waals surface area contributed by atoms with Crippen molar-refractivity contribution < 1.29 is 23.6 Å². The SMILES string of the molecule is CC(C)(O)C(C)(C)OB(O)c1ccc(F)c(F)c1CBr. The van der Waals surface area contributed by atoms with Crippen LogP contribution in [0.4, 0.5) is 8.78 Å². The van der Waals surface area contributed by atoms with E-state index in [9.17, 15) is 18.9 Å². The van der Waals surface area contributed by atoms with Crippen molar-refractivity contribution in [3.05, 3.63) is 29.3 Å². The van der Waals surface area contributed by atoms with Crippen LogP contribution in [-0.2, 0) is 9.98 Å². The Morgan fingerprint density at radius 1 is 1.25 bits per heavy atom. The zero-order valence-corrected chi connectivity index (χ0v) is 13.5. The van der Waals surface area contributed by atoms with Gasteiger partial charge in [0.1, 0.15) is 0 Å². The molecule has 1 aromatic carbocycles. The maximum Gasteiger partial charge on any atom is 0.492 e. The fraction of sp³-hybridized carbons (Fsp3) is 0.538. The van der Waals surface area contributed by atoms with E-state index in [1.807, 2.05) is 0 Å². The summed E-state index contributed by atoms with van der Waals surface area (Å²) in [5.41, 5.74) is -2.19. The van der Waals surface area contributed by atoms with Crippen molar-refractivity contribution in [2.24, 2.45) is 0 Å². The standard InChI is InChI=1S/C13H18BBrF2O3/c1-12(2,18)13(3,4)20-14(19)9-5-6-10(16)11(17)8(9)7-15/h5-6,18-19H,7H2,1-4H3. The lowest BCUT2D eigenvalue weighted by Gasteiger charge is -2.38. The van der Waals surface area contributed by atoms with Crippen LogP contribution in [0.5, 0.6) is 0 Å². The van der Waals surface area contributed by atoms with Crippen LogP contribution in [0.25, 0.3) is 0 Å². The Hall–Kier alpha value is -0.495. The third kappa shape index (κ3) is 3.58. The van der Waals surface area contributed by atoms with Gasteiger partial charge in [0.25, 0.3) is 0 Å². The summed E-state index contributed by atoms with van der Waals surface area (Å²) in [6.07, 6.45) is 0. The average Bonchev–Trinajstić information content (AvgIpc) is 2.30. The number of benzene rings is 1. The van der Waals surface area contributed by atoms with Crippen LogP contribution in [0.15, 0.2) is 12.1 Å². The highest BCUT2D eigenvalue weighted by Crippen LogP contribution is 2.26. The third-order valence-electron chi connectivity index (χ3n) is 3.51. The highest BCUT2D eigenvalue weighted by Gasteiger charge is 2.40. The first-order valence-corrected chi connectivity index (χ1v) is 7.24. The summed E-state index contributed by atoms with van der Waals surface area (Å²) in [7, 11) is -1.47. The van der Waals surface area contributed by atoms with Gasteiger partial charge in [0.2, 0.25) is 0 Å². The van der Waals surface area contributed by atoms with E-state index >= 15 is 0 Å². The summed E-state index contributed by atoms with van der Waals surface area (Å²) in [6, 6.07) is 2.20. The molecule has 3 nitrogen and oxygen atoms in total. The molecule has 2 N–H and O–H groups in total. The van der Waals surface area contributed by atoms with E-state index in [-0.39, 0.29) is 16.4 Å². The molecule has 0 heterocycles. The zero-order chi connectivity index (χ0) is 15.7. The zero-order valence-electron chi connectivity index (χ0n) is 11.9. The van der Waals surface area contributed by atoms with E-state index in [0.717, 1.165) is 6.07 Å². The molecule has 0 saturated heterocycles. The van der Waals surface area contributed by atoms with Gasteiger partial charge in [-0.05, 0) is 39.2 Å². The van der Waals surface area contributed by atoms with Crippen LogP contribution in [0.2, 0.25) is 0 Å². The number of halogens is 3. The van der Waals surface area contributed by atoms with E-state index < -0.39 is 30.0 Å². The van der Waals surface area contributed by atoms with Crippen molar-refractivity contribution in [2.45, 2.75) is 44.2 Å². The molecule has 0 aliphatic rings. The molecular formula is C13H18BBrF2O3. The highest BCUT2D eigenvalue weighted by atomic mass is 79.9. The third-order valence-corrected chi connectivity index (χ3v) is 4.07. The topological polar surface area (TPSA) is 49.7 Å². The van der Waals surface area contributed by atoms with Gasteiger partial charge in [-0.3, -0.25) is 0 Å². The molecule has 0 amide bonds. The molecule has 0 aliphatic carbocycles. The molecule has 0 fully saturated rings. The molecule has 7 heteroatoms. The minimum Gasteiger partial charge on any atom is -0.423 e. The van der Waals surface area contributed by atoms with Gasteiger partial charge < -0.3 is 14.8 Å². The predicted octanol–water partition coefficient (Wildman–Crippen LogP) is 2.11. The first kappa shape index (κ1) is 17.6. The van der Waals surface area contributed by atoms with Gasteiger partial charge in [0.15, 0.2) is 11.6 Å². The van der Waals surface area contributed by atoms with Crippen LogP contribution in [0.1, 0.15) is 33.3 Å².